The average molecular weight is 280 g/mol. The molecule has 0 saturated heterocycles. The first-order valence-electron chi connectivity index (χ1n) is 7.83. The van der Waals surface area contributed by atoms with Crippen LogP contribution in [-0.4, -0.2) is 13.2 Å². The molecule has 2 atom stereocenters. The Bertz CT molecular complexity index is 621. The summed E-state index contributed by atoms with van der Waals surface area (Å²) in [4.78, 5) is 0. The third-order valence-electron chi connectivity index (χ3n) is 4.56. The van der Waals surface area contributed by atoms with E-state index in [2.05, 4.69) is 42.5 Å². The maximum atomic E-state index is 5.65. The highest BCUT2D eigenvalue weighted by Crippen LogP contribution is 2.50. The van der Waals surface area contributed by atoms with Crippen LogP contribution in [-0.2, 0) is 6.42 Å². The van der Waals surface area contributed by atoms with Gasteiger partial charge in [0.2, 0.25) is 0 Å². The molecule has 1 aliphatic heterocycles. The highest BCUT2D eigenvalue weighted by atomic mass is 16.6. The molecule has 0 amide bonds. The molecule has 108 valence electrons. The second kappa shape index (κ2) is 5.44. The zero-order chi connectivity index (χ0) is 14.1. The molecule has 0 N–H and O–H groups in total. The van der Waals surface area contributed by atoms with Gasteiger partial charge in [0.25, 0.3) is 0 Å². The van der Waals surface area contributed by atoms with Crippen LogP contribution in [0.25, 0.3) is 0 Å². The third kappa shape index (κ3) is 2.76. The predicted molar refractivity (Wildman–Crippen MR) is 83.0 cm³/mol. The van der Waals surface area contributed by atoms with E-state index in [1.807, 2.05) is 6.07 Å². The number of hydrogen-bond acceptors (Lipinski definition) is 2. The van der Waals surface area contributed by atoms with Gasteiger partial charge in [-0.25, -0.2) is 0 Å². The average Bonchev–Trinajstić information content (AvgIpc) is 3.33. The molecule has 2 nitrogen and oxygen atoms in total. The lowest BCUT2D eigenvalue weighted by atomic mass is 10.0. The second-order valence-electron chi connectivity index (χ2n) is 6.03. The summed E-state index contributed by atoms with van der Waals surface area (Å²) >= 11 is 0. The van der Waals surface area contributed by atoms with E-state index in [0.29, 0.717) is 13.2 Å². The molecule has 1 heterocycles. The maximum Gasteiger partial charge on any atom is 0.161 e. The molecule has 0 spiro atoms. The number of hydrogen-bond donors (Lipinski definition) is 0. The lowest BCUT2D eigenvalue weighted by Gasteiger charge is -2.18. The van der Waals surface area contributed by atoms with Gasteiger partial charge >= 0.3 is 0 Å². The summed E-state index contributed by atoms with van der Waals surface area (Å²) in [5, 5.41) is 0. The SMILES string of the molecule is c1ccc([C@H]2C[C@@H]2CCc2ccc3c(c2)OCCO3)cc1. The zero-order valence-corrected chi connectivity index (χ0v) is 12.1. The zero-order valence-electron chi connectivity index (χ0n) is 12.1. The Morgan fingerprint density at radius 3 is 2.57 bits per heavy atom. The molecule has 1 aliphatic carbocycles. The smallest absolute Gasteiger partial charge is 0.161 e. The third-order valence-corrected chi connectivity index (χ3v) is 4.56. The fourth-order valence-electron chi connectivity index (χ4n) is 3.27. The Hall–Kier alpha value is -1.96. The van der Waals surface area contributed by atoms with E-state index >= 15 is 0 Å². The van der Waals surface area contributed by atoms with Gasteiger partial charge in [0.15, 0.2) is 11.5 Å². The van der Waals surface area contributed by atoms with Crippen LogP contribution < -0.4 is 9.47 Å². The van der Waals surface area contributed by atoms with Gasteiger partial charge in [-0.05, 0) is 54.4 Å². The Balaban J connectivity index is 1.36. The largest absolute Gasteiger partial charge is 0.486 e. The van der Waals surface area contributed by atoms with Crippen molar-refractivity contribution in [2.24, 2.45) is 5.92 Å². The van der Waals surface area contributed by atoms with E-state index in [1.165, 1.54) is 24.0 Å². The van der Waals surface area contributed by atoms with Crippen molar-refractivity contribution < 1.29 is 9.47 Å². The van der Waals surface area contributed by atoms with Crippen LogP contribution >= 0.6 is 0 Å². The van der Waals surface area contributed by atoms with Crippen LogP contribution in [0.4, 0.5) is 0 Å². The van der Waals surface area contributed by atoms with E-state index < -0.39 is 0 Å². The fourth-order valence-corrected chi connectivity index (χ4v) is 3.27. The Morgan fingerprint density at radius 2 is 1.71 bits per heavy atom. The molecular formula is C19H20O2. The van der Waals surface area contributed by atoms with Crippen molar-refractivity contribution in [1.82, 2.24) is 0 Å². The highest BCUT2D eigenvalue weighted by Gasteiger charge is 2.37. The summed E-state index contributed by atoms with van der Waals surface area (Å²) < 4.78 is 11.2. The minimum Gasteiger partial charge on any atom is -0.486 e. The lowest BCUT2D eigenvalue weighted by Crippen LogP contribution is -2.15. The number of rotatable bonds is 4. The standard InChI is InChI=1S/C19H20O2/c1-2-4-15(5-3-1)17-13-16(17)8-6-14-7-9-18-19(12-14)21-11-10-20-18/h1-5,7,9,12,16-17H,6,8,10-11,13H2/t16-,17+/m0/s1. The first-order chi connectivity index (χ1) is 10.4. The molecule has 0 bridgehead atoms. The normalized spacial score (nSPS) is 22.9. The minimum atomic E-state index is 0.660. The highest BCUT2D eigenvalue weighted by molar-refractivity contribution is 5.43. The van der Waals surface area contributed by atoms with E-state index in [1.54, 1.807) is 0 Å². The maximum absolute atomic E-state index is 5.65. The van der Waals surface area contributed by atoms with Crippen molar-refractivity contribution in [2.45, 2.75) is 25.2 Å². The van der Waals surface area contributed by atoms with Gasteiger partial charge < -0.3 is 9.47 Å². The van der Waals surface area contributed by atoms with E-state index in [9.17, 15) is 0 Å². The Labute approximate surface area is 125 Å². The molecule has 1 fully saturated rings. The van der Waals surface area contributed by atoms with Crippen molar-refractivity contribution >= 4 is 0 Å². The van der Waals surface area contributed by atoms with Crippen LogP contribution in [0.5, 0.6) is 11.5 Å². The van der Waals surface area contributed by atoms with Gasteiger partial charge in [0, 0.05) is 0 Å². The summed E-state index contributed by atoms with van der Waals surface area (Å²) in [5.74, 6) is 3.43. The van der Waals surface area contributed by atoms with Gasteiger partial charge in [-0.2, -0.15) is 0 Å². The minimum absolute atomic E-state index is 0.660. The van der Waals surface area contributed by atoms with E-state index in [-0.39, 0.29) is 0 Å². The van der Waals surface area contributed by atoms with Crippen molar-refractivity contribution in [3.63, 3.8) is 0 Å². The quantitative estimate of drug-likeness (QED) is 0.836. The topological polar surface area (TPSA) is 18.5 Å². The van der Waals surface area contributed by atoms with Crippen molar-refractivity contribution in [3.05, 3.63) is 59.7 Å². The van der Waals surface area contributed by atoms with Gasteiger partial charge in [0.05, 0.1) is 0 Å². The lowest BCUT2D eigenvalue weighted by molar-refractivity contribution is 0.171. The summed E-state index contributed by atoms with van der Waals surface area (Å²) in [5.41, 5.74) is 2.86. The molecule has 2 aromatic carbocycles. The van der Waals surface area contributed by atoms with Crippen LogP contribution in [0.1, 0.15) is 29.9 Å². The molecule has 21 heavy (non-hydrogen) atoms. The van der Waals surface area contributed by atoms with Crippen LogP contribution in [0.2, 0.25) is 0 Å². The Kier molecular flexibility index (Phi) is 3.30. The van der Waals surface area contributed by atoms with Crippen molar-refractivity contribution in [3.8, 4) is 11.5 Å². The van der Waals surface area contributed by atoms with E-state index in [4.69, 9.17) is 9.47 Å². The van der Waals surface area contributed by atoms with E-state index in [0.717, 1.165) is 29.8 Å². The number of fused-ring (bicyclic) bond motifs is 1. The fraction of sp³-hybridized carbons (Fsp3) is 0.368. The summed E-state index contributed by atoms with van der Waals surface area (Å²) in [7, 11) is 0. The molecule has 0 unspecified atom stereocenters. The summed E-state index contributed by atoms with van der Waals surface area (Å²) in [6.07, 6.45) is 3.73. The van der Waals surface area contributed by atoms with Crippen LogP contribution in [0, 0.1) is 5.92 Å². The molecule has 2 heteroatoms. The molecule has 0 radical (unpaired) electrons. The predicted octanol–water partition coefficient (Wildman–Crippen LogP) is 4.19. The molecule has 4 rings (SSSR count). The number of aryl methyl sites for hydroxylation is 1. The van der Waals surface area contributed by atoms with Gasteiger partial charge in [-0.15, -0.1) is 0 Å². The molecule has 2 aliphatic rings. The summed E-state index contributed by atoms with van der Waals surface area (Å²) in [6.45, 7) is 1.32. The molecule has 0 aromatic heterocycles. The Morgan fingerprint density at radius 1 is 0.905 bits per heavy atom. The van der Waals surface area contributed by atoms with Crippen molar-refractivity contribution in [1.29, 1.82) is 0 Å². The molecule has 1 saturated carbocycles. The first kappa shape index (κ1) is 12.8. The van der Waals surface area contributed by atoms with Gasteiger partial charge in [-0.3, -0.25) is 0 Å². The molecule has 2 aromatic rings. The second-order valence-corrected chi connectivity index (χ2v) is 6.03. The van der Waals surface area contributed by atoms with Gasteiger partial charge in [-0.1, -0.05) is 36.4 Å². The van der Waals surface area contributed by atoms with Crippen LogP contribution in [0.15, 0.2) is 48.5 Å². The first-order valence-corrected chi connectivity index (χ1v) is 7.83. The van der Waals surface area contributed by atoms with Crippen molar-refractivity contribution in [2.75, 3.05) is 13.2 Å². The molecular weight excluding hydrogens is 260 g/mol. The van der Waals surface area contributed by atoms with Crippen LogP contribution in [0.3, 0.4) is 0 Å². The summed E-state index contributed by atoms with van der Waals surface area (Å²) in [6, 6.07) is 17.3. The monoisotopic (exact) mass is 280 g/mol. The van der Waals surface area contributed by atoms with Gasteiger partial charge in [0.1, 0.15) is 13.2 Å². The number of benzene rings is 2. The number of ether oxygens (including phenoxy) is 2.